The summed E-state index contributed by atoms with van der Waals surface area (Å²) in [5.74, 6) is 0.172. The molecule has 0 amide bonds. The minimum Gasteiger partial charge on any atom is -0.345 e. The number of ketones is 1. The lowest BCUT2D eigenvalue weighted by atomic mass is 10.2. The van der Waals surface area contributed by atoms with Gasteiger partial charge in [0, 0.05) is 37.4 Å². The number of nitrogens with zero attached hydrogens (tertiary/aromatic N) is 4. The van der Waals surface area contributed by atoms with Crippen LogP contribution < -0.4 is 4.90 Å². The van der Waals surface area contributed by atoms with Gasteiger partial charge >= 0.3 is 0 Å². The molecule has 1 fully saturated rings. The summed E-state index contributed by atoms with van der Waals surface area (Å²) >= 11 is 9.28. The first-order chi connectivity index (χ1) is 14.7. The number of thiophene rings is 1. The lowest BCUT2D eigenvalue weighted by molar-refractivity contribution is 0.0930. The van der Waals surface area contributed by atoms with Gasteiger partial charge in [0.2, 0.25) is 0 Å². The lowest BCUT2D eigenvalue weighted by Crippen LogP contribution is -2.47. The first-order valence-corrected chi connectivity index (χ1v) is 11.7. The molecular formula is C22H19ClN4OS2. The van der Waals surface area contributed by atoms with Gasteiger partial charge in [-0.05, 0) is 42.5 Å². The van der Waals surface area contributed by atoms with Crippen molar-refractivity contribution >= 4 is 55.4 Å². The fourth-order valence-electron chi connectivity index (χ4n) is 3.54. The highest BCUT2D eigenvalue weighted by atomic mass is 35.5. The van der Waals surface area contributed by atoms with Crippen LogP contribution >= 0.6 is 34.3 Å². The van der Waals surface area contributed by atoms with Gasteiger partial charge in [-0.15, -0.1) is 11.3 Å². The minimum absolute atomic E-state index is 0.172. The number of Topliss-reactive ketones (excluding diaryl/α,β-unsaturated/α-hetero) is 1. The highest BCUT2D eigenvalue weighted by Crippen LogP contribution is 2.31. The molecule has 0 atom stereocenters. The van der Waals surface area contributed by atoms with E-state index in [4.69, 9.17) is 16.6 Å². The van der Waals surface area contributed by atoms with E-state index in [-0.39, 0.29) is 5.78 Å². The van der Waals surface area contributed by atoms with Gasteiger partial charge in [-0.25, -0.2) is 4.98 Å². The minimum atomic E-state index is 0.172. The Morgan fingerprint density at radius 3 is 2.70 bits per heavy atom. The van der Waals surface area contributed by atoms with Crippen LogP contribution in [0.1, 0.15) is 9.67 Å². The van der Waals surface area contributed by atoms with Gasteiger partial charge in [-0.1, -0.05) is 29.0 Å². The Morgan fingerprint density at radius 1 is 1.03 bits per heavy atom. The van der Waals surface area contributed by atoms with Crippen LogP contribution in [0, 0.1) is 0 Å². The number of hydrogen-bond acceptors (Lipinski definition) is 7. The zero-order valence-electron chi connectivity index (χ0n) is 16.1. The molecule has 1 aromatic carbocycles. The van der Waals surface area contributed by atoms with Crippen LogP contribution in [0.15, 0.2) is 54.7 Å². The van der Waals surface area contributed by atoms with Crippen molar-refractivity contribution in [3.8, 4) is 10.6 Å². The lowest BCUT2D eigenvalue weighted by Gasteiger charge is -2.34. The Bertz CT molecular complexity index is 1180. The Morgan fingerprint density at radius 2 is 1.90 bits per heavy atom. The van der Waals surface area contributed by atoms with E-state index in [9.17, 15) is 4.79 Å². The molecule has 0 spiro atoms. The van der Waals surface area contributed by atoms with Crippen molar-refractivity contribution in [2.75, 3.05) is 37.6 Å². The van der Waals surface area contributed by atoms with Gasteiger partial charge in [-0.2, -0.15) is 0 Å². The molecular weight excluding hydrogens is 436 g/mol. The molecule has 0 N–H and O–H groups in total. The third-order valence-electron chi connectivity index (χ3n) is 5.15. The van der Waals surface area contributed by atoms with Crippen molar-refractivity contribution in [2.45, 2.75) is 0 Å². The number of pyridine rings is 1. The molecule has 0 saturated carbocycles. The summed E-state index contributed by atoms with van der Waals surface area (Å²) in [7, 11) is 0. The second kappa shape index (κ2) is 8.43. The first kappa shape index (κ1) is 19.6. The highest BCUT2D eigenvalue weighted by Gasteiger charge is 2.22. The smallest absolute Gasteiger partial charge is 0.186 e. The normalized spacial score (nSPS) is 15.0. The van der Waals surface area contributed by atoms with Crippen LogP contribution in [0.5, 0.6) is 0 Å². The van der Waals surface area contributed by atoms with Crippen molar-refractivity contribution < 1.29 is 4.79 Å². The summed E-state index contributed by atoms with van der Waals surface area (Å²) in [5.41, 5.74) is 1.86. The molecule has 0 aliphatic carbocycles. The molecule has 5 nitrogen and oxygen atoms in total. The van der Waals surface area contributed by atoms with Gasteiger partial charge in [0.15, 0.2) is 10.9 Å². The standard InChI is InChI=1S/C22H19ClN4OS2/c23-15-4-5-20-17(13-15)25-22(30-20)27-11-9-26(10-12-27)14-18(28)21-7-6-19(29-21)16-3-1-2-8-24-16/h1-8,13H,9-12,14H2. The number of aromatic nitrogens is 2. The molecule has 4 heterocycles. The molecule has 1 aliphatic rings. The Balaban J connectivity index is 1.20. The number of carbonyl (C=O) groups is 1. The first-order valence-electron chi connectivity index (χ1n) is 9.73. The van der Waals surface area contributed by atoms with Crippen LogP contribution in [-0.2, 0) is 0 Å². The number of piperazine rings is 1. The molecule has 3 aromatic heterocycles. The van der Waals surface area contributed by atoms with Crippen LogP contribution in [0.2, 0.25) is 5.02 Å². The number of rotatable bonds is 5. The van der Waals surface area contributed by atoms with Crippen molar-refractivity contribution in [1.29, 1.82) is 0 Å². The van der Waals surface area contributed by atoms with Crippen LogP contribution in [0.25, 0.3) is 20.8 Å². The predicted octanol–water partition coefficient (Wildman–Crippen LogP) is 5.08. The Hall–Kier alpha value is -2.32. The van der Waals surface area contributed by atoms with E-state index >= 15 is 0 Å². The fourth-order valence-corrected chi connectivity index (χ4v) is 5.61. The second-order valence-corrected chi connectivity index (χ2v) is 9.70. The zero-order chi connectivity index (χ0) is 20.5. The van der Waals surface area contributed by atoms with Gasteiger partial charge in [-0.3, -0.25) is 14.7 Å². The van der Waals surface area contributed by atoms with E-state index in [1.165, 1.54) is 11.3 Å². The van der Waals surface area contributed by atoms with Crippen LogP contribution in [0.4, 0.5) is 5.13 Å². The summed E-state index contributed by atoms with van der Waals surface area (Å²) in [5, 5.41) is 1.74. The molecule has 8 heteroatoms. The van der Waals surface area contributed by atoms with Crippen molar-refractivity contribution in [2.24, 2.45) is 0 Å². The number of hydrogen-bond donors (Lipinski definition) is 0. The summed E-state index contributed by atoms with van der Waals surface area (Å²) in [4.78, 5) is 28.2. The largest absolute Gasteiger partial charge is 0.345 e. The average Bonchev–Trinajstić information content (AvgIpc) is 3.42. The van der Waals surface area contributed by atoms with Gasteiger partial charge in [0.1, 0.15) is 0 Å². The monoisotopic (exact) mass is 454 g/mol. The Labute approximate surface area is 187 Å². The van der Waals surface area contributed by atoms with Crippen LogP contribution in [0.3, 0.4) is 0 Å². The maximum absolute atomic E-state index is 12.8. The van der Waals surface area contributed by atoms with E-state index in [0.29, 0.717) is 11.6 Å². The topological polar surface area (TPSA) is 49.3 Å². The number of anilines is 1. The van der Waals surface area contributed by atoms with E-state index in [2.05, 4.69) is 14.8 Å². The molecule has 152 valence electrons. The highest BCUT2D eigenvalue weighted by molar-refractivity contribution is 7.22. The summed E-state index contributed by atoms with van der Waals surface area (Å²) in [6.45, 7) is 3.88. The number of fused-ring (bicyclic) bond motifs is 1. The zero-order valence-corrected chi connectivity index (χ0v) is 18.5. The predicted molar refractivity (Wildman–Crippen MR) is 125 cm³/mol. The summed E-state index contributed by atoms with van der Waals surface area (Å²) in [6, 6.07) is 15.6. The fraction of sp³-hybridized carbons (Fsp3) is 0.227. The van der Waals surface area contributed by atoms with Crippen molar-refractivity contribution in [1.82, 2.24) is 14.9 Å². The summed E-state index contributed by atoms with van der Waals surface area (Å²) < 4.78 is 1.15. The number of thiazole rings is 1. The maximum Gasteiger partial charge on any atom is 0.186 e. The SMILES string of the molecule is O=C(CN1CCN(c2nc3cc(Cl)ccc3s2)CC1)c1ccc(-c2ccccn2)s1. The molecule has 5 rings (SSSR count). The molecule has 0 radical (unpaired) electrons. The number of benzene rings is 1. The molecule has 0 unspecified atom stereocenters. The van der Waals surface area contributed by atoms with Crippen molar-refractivity contribution in [3.05, 3.63) is 64.6 Å². The van der Waals surface area contributed by atoms with Gasteiger partial charge in [0.25, 0.3) is 0 Å². The Kier molecular flexibility index (Phi) is 5.52. The van der Waals surface area contributed by atoms with Gasteiger partial charge in [0.05, 0.1) is 32.2 Å². The van der Waals surface area contributed by atoms with Crippen molar-refractivity contribution in [3.63, 3.8) is 0 Å². The molecule has 1 aliphatic heterocycles. The molecule has 0 bridgehead atoms. The third kappa shape index (κ3) is 4.11. The molecule has 4 aromatic rings. The average molecular weight is 455 g/mol. The molecule has 1 saturated heterocycles. The van der Waals surface area contributed by atoms with E-state index in [1.807, 2.05) is 48.5 Å². The third-order valence-corrected chi connectivity index (χ3v) is 7.63. The van der Waals surface area contributed by atoms with Crippen LogP contribution in [-0.4, -0.2) is 53.4 Å². The number of halogens is 1. The van der Waals surface area contributed by atoms with E-state index in [0.717, 1.165) is 57.0 Å². The van der Waals surface area contributed by atoms with E-state index in [1.54, 1.807) is 17.5 Å². The number of carbonyl (C=O) groups excluding carboxylic acids is 1. The molecule has 30 heavy (non-hydrogen) atoms. The van der Waals surface area contributed by atoms with Gasteiger partial charge < -0.3 is 4.90 Å². The maximum atomic E-state index is 12.8. The quantitative estimate of drug-likeness (QED) is 0.393. The second-order valence-electron chi connectivity index (χ2n) is 7.17. The summed E-state index contributed by atoms with van der Waals surface area (Å²) in [6.07, 6.45) is 1.77. The van der Waals surface area contributed by atoms with E-state index < -0.39 is 0 Å².